The summed E-state index contributed by atoms with van der Waals surface area (Å²) < 4.78 is 44.3. The van der Waals surface area contributed by atoms with E-state index in [0.717, 1.165) is 12.1 Å². The lowest BCUT2D eigenvalue weighted by molar-refractivity contribution is -0.137. The van der Waals surface area contributed by atoms with E-state index in [-0.39, 0.29) is 5.69 Å². The van der Waals surface area contributed by atoms with Crippen molar-refractivity contribution in [1.82, 2.24) is 0 Å². The van der Waals surface area contributed by atoms with E-state index < -0.39 is 29.7 Å². The van der Waals surface area contributed by atoms with Gasteiger partial charge >= 0.3 is 12.1 Å². The van der Waals surface area contributed by atoms with Gasteiger partial charge in [-0.05, 0) is 36.8 Å². The van der Waals surface area contributed by atoms with E-state index in [1.54, 1.807) is 61.5 Å². The van der Waals surface area contributed by atoms with E-state index in [1.807, 2.05) is 0 Å². The minimum Gasteiger partial charge on any atom is -0.444 e. The van der Waals surface area contributed by atoms with Crippen molar-refractivity contribution in [3.63, 3.8) is 0 Å². The van der Waals surface area contributed by atoms with Crippen molar-refractivity contribution >= 4 is 17.6 Å². The molecule has 30 heavy (non-hydrogen) atoms. The second kappa shape index (κ2) is 8.82. The maximum absolute atomic E-state index is 12.9. The molecule has 0 fully saturated rings. The SMILES string of the molecule is Cc1ccccc1C(=O)O[C@@H](C(=O)Nc1cccc(C(F)(F)F)c1)c1ccccc1. The number of anilines is 1. The van der Waals surface area contributed by atoms with Gasteiger partial charge in [-0.3, -0.25) is 4.79 Å². The zero-order chi connectivity index (χ0) is 21.7. The minimum absolute atomic E-state index is 0.0531. The van der Waals surface area contributed by atoms with E-state index in [9.17, 15) is 22.8 Å². The third kappa shape index (κ3) is 5.05. The molecule has 1 N–H and O–H groups in total. The number of halogens is 3. The zero-order valence-corrected chi connectivity index (χ0v) is 15.9. The van der Waals surface area contributed by atoms with Gasteiger partial charge in [-0.15, -0.1) is 0 Å². The fraction of sp³-hybridized carbons (Fsp3) is 0.130. The maximum atomic E-state index is 12.9. The Balaban J connectivity index is 1.87. The lowest BCUT2D eigenvalue weighted by Crippen LogP contribution is -2.26. The first-order valence-electron chi connectivity index (χ1n) is 9.05. The van der Waals surface area contributed by atoms with Gasteiger partial charge in [0.05, 0.1) is 11.1 Å². The van der Waals surface area contributed by atoms with Crippen LogP contribution in [0.25, 0.3) is 0 Å². The summed E-state index contributed by atoms with van der Waals surface area (Å²) in [4.78, 5) is 25.5. The normalized spacial score (nSPS) is 12.1. The number of carbonyl (C=O) groups is 2. The summed E-state index contributed by atoms with van der Waals surface area (Å²) in [5.41, 5.74) is 0.415. The molecule has 3 rings (SSSR count). The highest BCUT2D eigenvalue weighted by Gasteiger charge is 2.31. The Morgan fingerprint density at radius 2 is 1.57 bits per heavy atom. The van der Waals surface area contributed by atoms with Gasteiger partial charge in [0.15, 0.2) is 0 Å². The molecular formula is C23H18F3NO3. The molecule has 0 saturated carbocycles. The Hall–Kier alpha value is -3.61. The number of amides is 1. The van der Waals surface area contributed by atoms with Crippen molar-refractivity contribution in [1.29, 1.82) is 0 Å². The minimum atomic E-state index is -4.54. The quantitative estimate of drug-likeness (QED) is 0.558. The highest BCUT2D eigenvalue weighted by Crippen LogP contribution is 2.31. The van der Waals surface area contributed by atoms with Gasteiger partial charge < -0.3 is 10.1 Å². The molecule has 1 atom stereocenters. The molecule has 3 aromatic rings. The van der Waals surface area contributed by atoms with Gasteiger partial charge in [0, 0.05) is 11.3 Å². The molecule has 0 heterocycles. The molecule has 4 nitrogen and oxygen atoms in total. The summed E-state index contributed by atoms with van der Waals surface area (Å²) >= 11 is 0. The van der Waals surface area contributed by atoms with Crippen molar-refractivity contribution in [3.8, 4) is 0 Å². The summed E-state index contributed by atoms with van der Waals surface area (Å²) in [5.74, 6) is -1.47. The number of alkyl halides is 3. The third-order valence-electron chi connectivity index (χ3n) is 4.39. The highest BCUT2D eigenvalue weighted by atomic mass is 19.4. The topological polar surface area (TPSA) is 55.4 Å². The monoisotopic (exact) mass is 413 g/mol. The van der Waals surface area contributed by atoms with Crippen LogP contribution in [0.2, 0.25) is 0 Å². The van der Waals surface area contributed by atoms with Gasteiger partial charge in [0.25, 0.3) is 5.91 Å². The van der Waals surface area contributed by atoms with Crippen LogP contribution in [0, 0.1) is 6.92 Å². The second-order valence-corrected chi connectivity index (χ2v) is 6.58. The Morgan fingerprint density at radius 1 is 0.900 bits per heavy atom. The molecule has 0 aliphatic heterocycles. The largest absolute Gasteiger partial charge is 0.444 e. The van der Waals surface area contributed by atoms with Crippen molar-refractivity contribution in [3.05, 3.63) is 101 Å². The lowest BCUT2D eigenvalue weighted by atomic mass is 10.1. The molecule has 7 heteroatoms. The first-order valence-corrected chi connectivity index (χ1v) is 9.05. The standard InChI is InChI=1S/C23H18F3NO3/c1-15-8-5-6-13-19(15)22(29)30-20(16-9-3-2-4-10-16)21(28)27-18-12-7-11-17(14-18)23(24,25)26/h2-14,20H,1H3,(H,27,28)/t20-/m1/s1. The molecular weight excluding hydrogens is 395 g/mol. The molecule has 0 saturated heterocycles. The van der Waals surface area contributed by atoms with E-state index in [1.165, 1.54) is 12.1 Å². The lowest BCUT2D eigenvalue weighted by Gasteiger charge is -2.19. The summed E-state index contributed by atoms with van der Waals surface area (Å²) in [6.45, 7) is 1.73. The average molecular weight is 413 g/mol. The molecule has 3 aromatic carbocycles. The number of rotatable bonds is 5. The fourth-order valence-electron chi connectivity index (χ4n) is 2.85. The van der Waals surface area contributed by atoms with Crippen molar-refractivity contribution in [2.45, 2.75) is 19.2 Å². The molecule has 0 aliphatic carbocycles. The number of benzene rings is 3. The van der Waals surface area contributed by atoms with Gasteiger partial charge in [-0.2, -0.15) is 13.2 Å². The molecule has 0 aliphatic rings. The summed E-state index contributed by atoms with van der Waals surface area (Å²) in [7, 11) is 0. The first kappa shape index (κ1) is 21.1. The predicted molar refractivity (Wildman–Crippen MR) is 106 cm³/mol. The predicted octanol–water partition coefficient (Wildman–Crippen LogP) is 5.55. The number of esters is 1. The van der Waals surface area contributed by atoms with Crippen LogP contribution in [0.5, 0.6) is 0 Å². The molecule has 0 bridgehead atoms. The van der Waals surface area contributed by atoms with Crippen molar-refractivity contribution in [2.24, 2.45) is 0 Å². The Bertz CT molecular complexity index is 1050. The maximum Gasteiger partial charge on any atom is 0.416 e. The highest BCUT2D eigenvalue weighted by molar-refractivity contribution is 5.98. The first-order chi connectivity index (χ1) is 14.3. The second-order valence-electron chi connectivity index (χ2n) is 6.58. The summed E-state index contributed by atoms with van der Waals surface area (Å²) in [6, 6.07) is 19.3. The number of carbonyl (C=O) groups excluding carboxylic acids is 2. The van der Waals surface area contributed by atoms with Crippen LogP contribution in [-0.2, 0) is 15.7 Å². The van der Waals surface area contributed by atoms with Crippen LogP contribution in [0.3, 0.4) is 0 Å². The van der Waals surface area contributed by atoms with Crippen LogP contribution in [0.1, 0.15) is 33.2 Å². The molecule has 0 spiro atoms. The molecule has 0 unspecified atom stereocenters. The van der Waals surface area contributed by atoms with Gasteiger partial charge in [0.2, 0.25) is 6.10 Å². The summed E-state index contributed by atoms with van der Waals surface area (Å²) in [5, 5.41) is 2.41. The van der Waals surface area contributed by atoms with Crippen molar-refractivity contribution in [2.75, 3.05) is 5.32 Å². The van der Waals surface area contributed by atoms with Crippen LogP contribution in [0.15, 0.2) is 78.9 Å². The molecule has 0 radical (unpaired) electrons. The van der Waals surface area contributed by atoms with Crippen LogP contribution in [-0.4, -0.2) is 11.9 Å². The van der Waals surface area contributed by atoms with E-state index in [2.05, 4.69) is 5.32 Å². The van der Waals surface area contributed by atoms with Crippen molar-refractivity contribution < 1.29 is 27.5 Å². The zero-order valence-electron chi connectivity index (χ0n) is 15.9. The van der Waals surface area contributed by atoms with E-state index in [0.29, 0.717) is 16.7 Å². The Kier molecular flexibility index (Phi) is 6.20. The van der Waals surface area contributed by atoms with E-state index in [4.69, 9.17) is 4.74 Å². The third-order valence-corrected chi connectivity index (χ3v) is 4.39. The number of nitrogens with one attached hydrogen (secondary N) is 1. The van der Waals surface area contributed by atoms with Crippen LogP contribution in [0.4, 0.5) is 18.9 Å². The van der Waals surface area contributed by atoms with Crippen LogP contribution < -0.4 is 5.32 Å². The molecule has 0 aromatic heterocycles. The molecule has 154 valence electrons. The number of hydrogen-bond acceptors (Lipinski definition) is 3. The van der Waals surface area contributed by atoms with Gasteiger partial charge in [0.1, 0.15) is 0 Å². The van der Waals surface area contributed by atoms with Gasteiger partial charge in [-0.1, -0.05) is 54.6 Å². The summed E-state index contributed by atoms with van der Waals surface area (Å²) in [6.07, 6.45) is -5.88. The van der Waals surface area contributed by atoms with Crippen LogP contribution >= 0.6 is 0 Å². The number of hydrogen-bond donors (Lipinski definition) is 1. The number of ether oxygens (including phenoxy) is 1. The number of aryl methyl sites for hydroxylation is 1. The Morgan fingerprint density at radius 3 is 2.23 bits per heavy atom. The molecule has 1 amide bonds. The Labute approximate surface area is 171 Å². The van der Waals surface area contributed by atoms with Gasteiger partial charge in [-0.25, -0.2) is 4.79 Å². The van der Waals surface area contributed by atoms with E-state index >= 15 is 0 Å². The average Bonchev–Trinajstić information content (AvgIpc) is 2.72. The fourth-order valence-corrected chi connectivity index (χ4v) is 2.85. The smallest absolute Gasteiger partial charge is 0.416 e.